The van der Waals surface area contributed by atoms with E-state index in [4.69, 9.17) is 18.9 Å². The minimum atomic E-state index is -0.850. The van der Waals surface area contributed by atoms with Gasteiger partial charge in [0.05, 0.1) is 40.2 Å². The number of para-hydroxylation sites is 1. The zero-order chi connectivity index (χ0) is 35.1. The van der Waals surface area contributed by atoms with Crippen molar-refractivity contribution in [1.82, 2.24) is 15.6 Å². The van der Waals surface area contributed by atoms with E-state index in [2.05, 4.69) is 20.9 Å². The van der Waals surface area contributed by atoms with E-state index in [-0.39, 0.29) is 30.1 Å². The molecule has 1 aromatic heterocycles. The van der Waals surface area contributed by atoms with E-state index in [9.17, 15) is 19.2 Å². The van der Waals surface area contributed by atoms with Crippen molar-refractivity contribution in [1.29, 1.82) is 0 Å². The summed E-state index contributed by atoms with van der Waals surface area (Å²) in [6.07, 6.45) is 3.76. The van der Waals surface area contributed by atoms with Crippen molar-refractivity contribution in [3.8, 4) is 28.4 Å². The number of carbonyl (C=O) groups excluding carboxylic acids is 3. The molecule has 0 unspecified atom stereocenters. The molecule has 2 amide bonds. The normalized spacial score (nSPS) is 14.0. The number of hydrogen-bond donors (Lipinski definition) is 4. The van der Waals surface area contributed by atoms with Crippen LogP contribution in [0.4, 0.5) is 5.69 Å². The van der Waals surface area contributed by atoms with Crippen LogP contribution in [0.3, 0.4) is 0 Å². The van der Waals surface area contributed by atoms with Gasteiger partial charge in [0.15, 0.2) is 11.5 Å². The summed E-state index contributed by atoms with van der Waals surface area (Å²) < 4.78 is 22.0. The highest BCUT2D eigenvalue weighted by molar-refractivity contribution is 5.87. The molecule has 0 saturated carbocycles. The lowest BCUT2D eigenvalue weighted by Gasteiger charge is -2.19. The number of aromatic amines is 1. The molecule has 2 atom stereocenters. The predicted molar refractivity (Wildman–Crippen MR) is 186 cm³/mol. The van der Waals surface area contributed by atoms with Gasteiger partial charge in [0, 0.05) is 49.0 Å². The number of anilines is 1. The number of aryl methyl sites for hydroxylation is 1. The van der Waals surface area contributed by atoms with Gasteiger partial charge in [0.1, 0.15) is 6.04 Å². The number of amides is 2. The first-order chi connectivity index (χ1) is 23.7. The Balaban J connectivity index is 1.33. The number of esters is 1. The van der Waals surface area contributed by atoms with Gasteiger partial charge >= 0.3 is 5.97 Å². The summed E-state index contributed by atoms with van der Waals surface area (Å²) in [6.45, 7) is 1.77. The van der Waals surface area contributed by atoms with Gasteiger partial charge in [-0.25, -0.2) is 4.79 Å². The van der Waals surface area contributed by atoms with Crippen LogP contribution in [0.2, 0.25) is 0 Å². The molecular formula is C37H42N4O8. The molecule has 0 spiro atoms. The molecule has 0 radical (unpaired) electrons. The minimum absolute atomic E-state index is 0.120. The van der Waals surface area contributed by atoms with E-state index in [1.165, 1.54) is 21.1 Å². The third kappa shape index (κ3) is 7.64. The van der Waals surface area contributed by atoms with Gasteiger partial charge in [-0.05, 0) is 65.8 Å². The fourth-order valence-corrected chi connectivity index (χ4v) is 6.45. The summed E-state index contributed by atoms with van der Waals surface area (Å²) in [5, 5.41) is 9.95. The van der Waals surface area contributed by atoms with Crippen molar-refractivity contribution in [2.45, 2.75) is 51.1 Å². The molecule has 1 aliphatic carbocycles. The van der Waals surface area contributed by atoms with E-state index in [1.807, 2.05) is 42.6 Å². The van der Waals surface area contributed by atoms with Crippen LogP contribution >= 0.6 is 0 Å². The summed E-state index contributed by atoms with van der Waals surface area (Å²) in [4.78, 5) is 54.4. The fraction of sp³-hybridized carbons (Fsp3) is 0.351. The van der Waals surface area contributed by atoms with Crippen LogP contribution in [-0.2, 0) is 32.0 Å². The monoisotopic (exact) mass is 670 g/mol. The quantitative estimate of drug-likeness (QED) is 0.119. The zero-order valence-electron chi connectivity index (χ0n) is 28.4. The molecule has 258 valence electrons. The van der Waals surface area contributed by atoms with Crippen LogP contribution in [-0.4, -0.2) is 63.8 Å². The molecule has 12 heteroatoms. The van der Waals surface area contributed by atoms with Gasteiger partial charge in [-0.3, -0.25) is 14.4 Å². The molecule has 12 nitrogen and oxygen atoms in total. The average molecular weight is 671 g/mol. The fourth-order valence-electron chi connectivity index (χ4n) is 6.45. The molecule has 1 heterocycles. The first-order valence-electron chi connectivity index (χ1n) is 16.1. The molecule has 5 rings (SSSR count). The Bertz CT molecular complexity index is 1920. The molecule has 1 aliphatic rings. The Kier molecular flexibility index (Phi) is 11.1. The number of ether oxygens (including phenoxy) is 4. The third-order valence-corrected chi connectivity index (χ3v) is 8.73. The highest BCUT2D eigenvalue weighted by Crippen LogP contribution is 2.50. The minimum Gasteiger partial charge on any atom is -0.493 e. The molecule has 0 bridgehead atoms. The summed E-state index contributed by atoms with van der Waals surface area (Å²) in [6, 6.07) is 13.4. The van der Waals surface area contributed by atoms with Crippen molar-refractivity contribution >= 4 is 34.4 Å². The highest BCUT2D eigenvalue weighted by Gasteiger charge is 2.29. The maximum atomic E-state index is 13.6. The number of hydrogen-bond acceptors (Lipinski definition) is 9. The van der Waals surface area contributed by atoms with Crippen molar-refractivity contribution in [2.24, 2.45) is 0 Å². The average Bonchev–Trinajstić information content (AvgIpc) is 3.36. The van der Waals surface area contributed by atoms with Gasteiger partial charge in [-0.2, -0.15) is 0 Å². The van der Waals surface area contributed by atoms with E-state index < -0.39 is 18.1 Å². The summed E-state index contributed by atoms with van der Waals surface area (Å²) >= 11 is 0. The van der Waals surface area contributed by atoms with Crippen LogP contribution in [0.15, 0.2) is 59.5 Å². The lowest BCUT2D eigenvalue weighted by Crippen LogP contribution is -2.43. The Morgan fingerprint density at radius 3 is 2.47 bits per heavy atom. The summed E-state index contributed by atoms with van der Waals surface area (Å²) in [5.74, 6) is 0.358. The van der Waals surface area contributed by atoms with Gasteiger partial charge in [0.2, 0.25) is 23.0 Å². The number of methoxy groups -OCH3 is 4. The summed E-state index contributed by atoms with van der Waals surface area (Å²) in [5.41, 5.74) is 4.96. The second-order valence-corrected chi connectivity index (χ2v) is 11.8. The second-order valence-electron chi connectivity index (χ2n) is 11.8. The number of H-pyrrole nitrogens is 1. The Morgan fingerprint density at radius 1 is 0.980 bits per heavy atom. The lowest BCUT2D eigenvalue weighted by atomic mass is 9.95. The number of carbonyl (C=O) groups is 3. The topological polar surface area (TPSA) is 157 Å². The zero-order valence-corrected chi connectivity index (χ0v) is 28.4. The number of aromatic nitrogens is 1. The lowest BCUT2D eigenvalue weighted by molar-refractivity contribution is -0.145. The molecule has 0 aliphatic heterocycles. The third-order valence-electron chi connectivity index (χ3n) is 8.73. The number of nitrogens with one attached hydrogen (secondary N) is 4. The first-order valence-corrected chi connectivity index (χ1v) is 16.1. The van der Waals surface area contributed by atoms with E-state index >= 15 is 0 Å². The van der Waals surface area contributed by atoms with Crippen molar-refractivity contribution < 1.29 is 33.3 Å². The van der Waals surface area contributed by atoms with E-state index in [0.29, 0.717) is 54.3 Å². The summed E-state index contributed by atoms with van der Waals surface area (Å²) in [7, 11) is 5.94. The molecule has 0 fully saturated rings. The van der Waals surface area contributed by atoms with E-state index in [0.717, 1.165) is 33.2 Å². The SMILES string of the molecule is COC(=O)[C@H](Cc1c[nH]c2ccccc12)NC(=O)CCCNc1ccc2c(cc1=O)[C@@H](NC(C)=O)CCc1cc(OC)c(OC)c(OC)c1-2. The highest BCUT2D eigenvalue weighted by atomic mass is 16.5. The van der Waals surface area contributed by atoms with Crippen LogP contribution in [0.1, 0.15) is 48.9 Å². The Hall–Kier alpha value is -5.52. The first kappa shape index (κ1) is 34.8. The molecule has 3 aromatic carbocycles. The number of benzene rings is 2. The van der Waals surface area contributed by atoms with Gasteiger partial charge in [0.25, 0.3) is 0 Å². The Labute approximate surface area is 284 Å². The Morgan fingerprint density at radius 2 is 1.76 bits per heavy atom. The van der Waals surface area contributed by atoms with Crippen molar-refractivity contribution in [3.05, 3.63) is 81.6 Å². The molecular weight excluding hydrogens is 628 g/mol. The smallest absolute Gasteiger partial charge is 0.328 e. The van der Waals surface area contributed by atoms with Crippen LogP contribution in [0.5, 0.6) is 17.2 Å². The van der Waals surface area contributed by atoms with Crippen LogP contribution in [0.25, 0.3) is 22.0 Å². The molecule has 4 aromatic rings. The largest absolute Gasteiger partial charge is 0.493 e. The van der Waals surface area contributed by atoms with Crippen molar-refractivity contribution in [3.63, 3.8) is 0 Å². The van der Waals surface area contributed by atoms with E-state index in [1.54, 1.807) is 26.4 Å². The van der Waals surface area contributed by atoms with Crippen molar-refractivity contribution in [2.75, 3.05) is 40.3 Å². The molecule has 0 saturated heterocycles. The van der Waals surface area contributed by atoms with Gasteiger partial charge in [-0.1, -0.05) is 24.3 Å². The maximum absolute atomic E-state index is 13.6. The van der Waals surface area contributed by atoms with Crippen LogP contribution < -0.4 is 35.6 Å². The second kappa shape index (κ2) is 15.6. The predicted octanol–water partition coefficient (Wildman–Crippen LogP) is 4.44. The molecule has 4 N–H and O–H groups in total. The molecule has 49 heavy (non-hydrogen) atoms. The van der Waals surface area contributed by atoms with Gasteiger partial charge < -0.3 is 39.9 Å². The van der Waals surface area contributed by atoms with Crippen LogP contribution in [0, 0.1) is 0 Å². The number of fused-ring (bicyclic) bond motifs is 4. The standard InChI is InChI=1S/C37H42N4O8/c1-21(42)40-28-14-12-22-18-32(46-2)35(47-3)36(48-4)34(22)25-13-15-29(31(43)19-26(25)28)38-16-8-11-33(44)41-30(37(45)49-5)17-23-20-39-27-10-7-6-9-24(23)27/h6-7,9-10,13,15,18-20,28,30,39H,8,11-12,14,16-17H2,1-5H3,(H,38,43)(H,40,42)(H,41,44)/t28-,30-/m0/s1. The maximum Gasteiger partial charge on any atom is 0.328 e. The number of rotatable bonds is 13. The van der Waals surface area contributed by atoms with Gasteiger partial charge in [-0.15, -0.1) is 0 Å².